The topological polar surface area (TPSA) is 50.7 Å². The third kappa shape index (κ3) is 4.01. The number of anilines is 2. The van der Waals surface area contributed by atoms with E-state index in [0.29, 0.717) is 5.47 Å². The summed E-state index contributed by atoms with van der Waals surface area (Å²) in [5.41, 5.74) is 2.92. The molecule has 2 aromatic carbocycles. The molecule has 5 heteroatoms. The van der Waals surface area contributed by atoms with Gasteiger partial charge >= 0.3 is 7.12 Å². The molecule has 0 radical (unpaired) electrons. The second-order valence-corrected chi connectivity index (χ2v) is 7.58. The van der Waals surface area contributed by atoms with Crippen molar-refractivity contribution in [1.82, 2.24) is 0 Å². The second-order valence-electron chi connectivity index (χ2n) is 7.58. The number of rotatable bonds is 5. The zero-order chi connectivity index (χ0) is 18.8. The molecule has 1 fully saturated rings. The Morgan fingerprint density at radius 3 is 2.00 bits per heavy atom. The van der Waals surface area contributed by atoms with Crippen LogP contribution in [-0.2, 0) is 9.31 Å². The minimum Gasteiger partial charge on any atom is -0.400 e. The van der Waals surface area contributed by atoms with Gasteiger partial charge in [0, 0.05) is 11.4 Å². The van der Waals surface area contributed by atoms with Crippen LogP contribution in [0.25, 0.3) is 6.08 Å². The number of aliphatic hydroxyl groups is 1. The minimum atomic E-state index is -0.535. The Labute approximate surface area is 156 Å². The van der Waals surface area contributed by atoms with Gasteiger partial charge in [0.2, 0.25) is 0 Å². The third-order valence-corrected chi connectivity index (χ3v) is 5.06. The highest BCUT2D eigenvalue weighted by molar-refractivity contribution is 6.55. The monoisotopic (exact) mass is 351 g/mol. The molecule has 0 saturated carbocycles. The lowest BCUT2D eigenvalue weighted by Gasteiger charge is -2.32. The number of benzene rings is 2. The first-order chi connectivity index (χ1) is 12.3. The van der Waals surface area contributed by atoms with Crippen molar-refractivity contribution < 1.29 is 14.4 Å². The summed E-state index contributed by atoms with van der Waals surface area (Å²) < 4.78 is 12.1. The molecule has 2 aromatic rings. The van der Waals surface area contributed by atoms with Crippen molar-refractivity contribution in [2.24, 2.45) is 0 Å². The molecule has 1 heterocycles. The van der Waals surface area contributed by atoms with Crippen molar-refractivity contribution in [2.45, 2.75) is 38.9 Å². The number of hydrogen-bond donors (Lipinski definition) is 2. The van der Waals surface area contributed by atoms with Crippen LogP contribution in [0.1, 0.15) is 33.3 Å². The van der Waals surface area contributed by atoms with Crippen LogP contribution in [0.5, 0.6) is 0 Å². The molecule has 136 valence electrons. The molecule has 0 aliphatic carbocycles. The fourth-order valence-electron chi connectivity index (χ4n) is 2.75. The third-order valence-electron chi connectivity index (χ3n) is 5.06. The average Bonchev–Trinajstić information content (AvgIpc) is 2.82. The van der Waals surface area contributed by atoms with E-state index in [1.165, 1.54) is 0 Å². The molecule has 3 rings (SSSR count). The summed E-state index contributed by atoms with van der Waals surface area (Å²) in [6, 6.07) is 18.1. The lowest BCUT2D eigenvalue weighted by molar-refractivity contribution is 0.00578. The molecule has 0 aromatic heterocycles. The molecular formula is C21H26BNO3. The minimum absolute atomic E-state index is 0.110. The fourth-order valence-corrected chi connectivity index (χ4v) is 2.75. The summed E-state index contributed by atoms with van der Waals surface area (Å²) in [4.78, 5) is 0. The van der Waals surface area contributed by atoms with Crippen molar-refractivity contribution in [1.29, 1.82) is 0 Å². The van der Waals surface area contributed by atoms with Gasteiger partial charge in [-0.15, -0.1) is 0 Å². The Kier molecular flexibility index (Phi) is 5.23. The van der Waals surface area contributed by atoms with Gasteiger partial charge in [0.15, 0.2) is 0 Å². The SMILES string of the molecule is CC1(C)OB(C(=Cc2ccc(Nc3ccccc3)cc2)CO)OC1(C)C. The lowest BCUT2D eigenvalue weighted by Crippen LogP contribution is -2.41. The molecular weight excluding hydrogens is 325 g/mol. The lowest BCUT2D eigenvalue weighted by atomic mass is 9.77. The van der Waals surface area contributed by atoms with Gasteiger partial charge in [-0.05, 0) is 63.0 Å². The standard InChI is InChI=1S/C21H26BNO3/c1-20(2)21(3,4)26-22(25-20)17(15-24)14-16-10-12-19(13-11-16)23-18-8-6-5-7-9-18/h5-14,23-24H,15H2,1-4H3. The van der Waals surface area contributed by atoms with Gasteiger partial charge in [0.25, 0.3) is 0 Å². The molecule has 0 bridgehead atoms. The van der Waals surface area contributed by atoms with E-state index in [-0.39, 0.29) is 6.61 Å². The van der Waals surface area contributed by atoms with Crippen molar-refractivity contribution in [3.8, 4) is 0 Å². The summed E-state index contributed by atoms with van der Waals surface area (Å²) >= 11 is 0. The first kappa shape index (κ1) is 18.7. The largest absolute Gasteiger partial charge is 0.492 e. The Morgan fingerprint density at radius 2 is 1.46 bits per heavy atom. The predicted molar refractivity (Wildman–Crippen MR) is 107 cm³/mol. The Morgan fingerprint density at radius 1 is 0.923 bits per heavy atom. The molecule has 0 amide bonds. The number of nitrogens with one attached hydrogen (secondary N) is 1. The average molecular weight is 351 g/mol. The van der Waals surface area contributed by atoms with Crippen LogP contribution < -0.4 is 5.32 Å². The van der Waals surface area contributed by atoms with Gasteiger partial charge in [-0.2, -0.15) is 0 Å². The van der Waals surface area contributed by atoms with Crippen molar-refractivity contribution in [3.63, 3.8) is 0 Å². The molecule has 2 N–H and O–H groups in total. The van der Waals surface area contributed by atoms with E-state index in [9.17, 15) is 5.11 Å². The van der Waals surface area contributed by atoms with Crippen molar-refractivity contribution >= 4 is 24.6 Å². The van der Waals surface area contributed by atoms with Gasteiger partial charge in [0.05, 0.1) is 17.8 Å². The van der Waals surface area contributed by atoms with Gasteiger partial charge in [-0.1, -0.05) is 36.4 Å². The van der Waals surface area contributed by atoms with E-state index in [4.69, 9.17) is 9.31 Å². The summed E-state index contributed by atoms with van der Waals surface area (Å²) in [7, 11) is -0.535. The van der Waals surface area contributed by atoms with E-state index in [0.717, 1.165) is 16.9 Å². The van der Waals surface area contributed by atoms with E-state index in [1.54, 1.807) is 0 Å². The van der Waals surface area contributed by atoms with Crippen LogP contribution in [0.4, 0.5) is 11.4 Å². The maximum atomic E-state index is 9.80. The summed E-state index contributed by atoms with van der Waals surface area (Å²) in [6.07, 6.45) is 1.93. The van der Waals surface area contributed by atoms with E-state index >= 15 is 0 Å². The normalized spacial score (nSPS) is 18.8. The summed E-state index contributed by atoms with van der Waals surface area (Å²) in [5.74, 6) is 0. The number of para-hydroxylation sites is 1. The van der Waals surface area contributed by atoms with Gasteiger partial charge < -0.3 is 19.7 Å². The van der Waals surface area contributed by atoms with Crippen LogP contribution in [0, 0.1) is 0 Å². The predicted octanol–water partition coefficient (Wildman–Crippen LogP) is 4.44. The molecule has 4 nitrogen and oxygen atoms in total. The first-order valence-electron chi connectivity index (χ1n) is 8.90. The fraction of sp³-hybridized carbons (Fsp3) is 0.333. The van der Waals surface area contributed by atoms with E-state index in [2.05, 4.69) is 5.32 Å². The maximum absolute atomic E-state index is 9.80. The Balaban J connectivity index is 1.74. The van der Waals surface area contributed by atoms with E-state index < -0.39 is 18.3 Å². The van der Waals surface area contributed by atoms with Crippen LogP contribution in [0.15, 0.2) is 60.1 Å². The zero-order valence-electron chi connectivity index (χ0n) is 15.8. The molecule has 0 spiro atoms. The van der Waals surface area contributed by atoms with Crippen LogP contribution >= 0.6 is 0 Å². The summed E-state index contributed by atoms with van der Waals surface area (Å²) in [5, 5.41) is 13.2. The number of hydrogen-bond acceptors (Lipinski definition) is 4. The van der Waals surface area contributed by atoms with Gasteiger partial charge in [0.1, 0.15) is 0 Å². The summed E-state index contributed by atoms with van der Waals surface area (Å²) in [6.45, 7) is 7.91. The molecule has 1 aliphatic rings. The molecule has 1 saturated heterocycles. The van der Waals surface area contributed by atoms with Crippen LogP contribution in [0.2, 0.25) is 0 Å². The molecule has 1 aliphatic heterocycles. The zero-order valence-corrected chi connectivity index (χ0v) is 15.8. The highest BCUT2D eigenvalue weighted by Crippen LogP contribution is 2.38. The molecule has 0 unspecified atom stereocenters. The van der Waals surface area contributed by atoms with Crippen LogP contribution in [-0.4, -0.2) is 30.0 Å². The quantitative estimate of drug-likeness (QED) is 0.782. The van der Waals surface area contributed by atoms with Gasteiger partial charge in [-0.3, -0.25) is 0 Å². The maximum Gasteiger partial charge on any atom is 0.492 e. The molecule has 0 atom stereocenters. The van der Waals surface area contributed by atoms with Crippen molar-refractivity contribution in [3.05, 3.63) is 65.6 Å². The van der Waals surface area contributed by atoms with Gasteiger partial charge in [-0.25, -0.2) is 0 Å². The Bertz CT molecular complexity index is 754. The number of aliphatic hydroxyl groups excluding tert-OH is 1. The Hall–Kier alpha value is -2.08. The highest BCUT2D eigenvalue weighted by atomic mass is 16.7. The van der Waals surface area contributed by atoms with E-state index in [1.807, 2.05) is 88.4 Å². The van der Waals surface area contributed by atoms with Crippen molar-refractivity contribution in [2.75, 3.05) is 11.9 Å². The highest BCUT2D eigenvalue weighted by Gasteiger charge is 2.52. The smallest absolute Gasteiger partial charge is 0.400 e. The van der Waals surface area contributed by atoms with Crippen LogP contribution in [0.3, 0.4) is 0 Å². The second kappa shape index (κ2) is 7.27. The molecule has 26 heavy (non-hydrogen) atoms. The first-order valence-corrected chi connectivity index (χ1v) is 8.90.